The lowest BCUT2D eigenvalue weighted by Crippen LogP contribution is -2.55. The van der Waals surface area contributed by atoms with E-state index in [4.69, 9.17) is 9.47 Å². The Bertz CT molecular complexity index is 711. The number of hydrogen-bond acceptors (Lipinski definition) is 5. The molecule has 0 spiro atoms. The molecule has 1 aromatic carbocycles. The monoisotopic (exact) mass is 358 g/mol. The second kappa shape index (κ2) is 8.23. The highest BCUT2D eigenvalue weighted by Crippen LogP contribution is 2.29. The lowest BCUT2D eigenvalue weighted by molar-refractivity contribution is -0.142. The smallest absolute Gasteiger partial charge is 0.250 e. The van der Waals surface area contributed by atoms with E-state index in [-0.39, 0.29) is 5.91 Å². The van der Waals surface area contributed by atoms with Gasteiger partial charge in [0, 0.05) is 19.4 Å². The number of amides is 1. The van der Waals surface area contributed by atoms with Gasteiger partial charge in [-0.2, -0.15) is 5.10 Å². The van der Waals surface area contributed by atoms with Crippen molar-refractivity contribution in [2.24, 2.45) is 0 Å². The Kier molecular flexibility index (Phi) is 5.78. The van der Waals surface area contributed by atoms with E-state index in [0.717, 1.165) is 25.9 Å². The molecule has 0 saturated carbocycles. The van der Waals surface area contributed by atoms with Crippen molar-refractivity contribution in [3.63, 3.8) is 0 Å². The number of carbonyl (C=O) groups excluding carboxylic acids is 1. The molecule has 140 valence electrons. The number of aromatic nitrogens is 2. The van der Waals surface area contributed by atoms with Gasteiger partial charge in [0.1, 0.15) is 12.1 Å². The zero-order chi connectivity index (χ0) is 18.4. The van der Waals surface area contributed by atoms with Gasteiger partial charge in [0.15, 0.2) is 11.5 Å². The Morgan fingerprint density at radius 3 is 2.65 bits per heavy atom. The molecule has 7 heteroatoms. The Morgan fingerprint density at radius 2 is 2.00 bits per heavy atom. The van der Waals surface area contributed by atoms with Crippen molar-refractivity contribution in [1.29, 1.82) is 0 Å². The van der Waals surface area contributed by atoms with Gasteiger partial charge in [0.05, 0.1) is 13.7 Å². The molecule has 1 fully saturated rings. The third-order valence-corrected chi connectivity index (χ3v) is 4.87. The molecule has 0 bridgehead atoms. The van der Waals surface area contributed by atoms with Crippen molar-refractivity contribution < 1.29 is 14.3 Å². The van der Waals surface area contributed by atoms with Gasteiger partial charge in [-0.1, -0.05) is 12.1 Å². The lowest BCUT2D eigenvalue weighted by Gasteiger charge is -2.39. The topological polar surface area (TPSA) is 68.6 Å². The van der Waals surface area contributed by atoms with Crippen LogP contribution < -0.4 is 14.8 Å². The number of benzene rings is 1. The Morgan fingerprint density at radius 1 is 1.27 bits per heavy atom. The molecule has 7 nitrogen and oxygen atoms in total. The maximum atomic E-state index is 13.2. The molecule has 0 unspecified atom stereocenters. The summed E-state index contributed by atoms with van der Waals surface area (Å²) in [6, 6.07) is 9.37. The fraction of sp³-hybridized carbons (Fsp3) is 0.474. The van der Waals surface area contributed by atoms with Gasteiger partial charge in [0.25, 0.3) is 5.91 Å². The number of carbonyl (C=O) groups is 1. The van der Waals surface area contributed by atoms with E-state index < -0.39 is 5.54 Å². The highest BCUT2D eigenvalue weighted by molar-refractivity contribution is 5.84. The van der Waals surface area contributed by atoms with Crippen LogP contribution in [0.5, 0.6) is 11.5 Å². The fourth-order valence-corrected chi connectivity index (χ4v) is 3.39. The maximum Gasteiger partial charge on any atom is 0.250 e. The molecular weight excluding hydrogens is 332 g/mol. The van der Waals surface area contributed by atoms with Crippen molar-refractivity contribution >= 4 is 5.91 Å². The van der Waals surface area contributed by atoms with Gasteiger partial charge in [-0.25, -0.2) is 0 Å². The summed E-state index contributed by atoms with van der Waals surface area (Å²) < 4.78 is 12.9. The summed E-state index contributed by atoms with van der Waals surface area (Å²) in [4.78, 5) is 15.0. The van der Waals surface area contributed by atoms with Crippen molar-refractivity contribution in [2.45, 2.75) is 18.4 Å². The largest absolute Gasteiger partial charge is 0.493 e. The van der Waals surface area contributed by atoms with Crippen LogP contribution in [-0.2, 0) is 10.3 Å². The zero-order valence-corrected chi connectivity index (χ0v) is 15.4. The summed E-state index contributed by atoms with van der Waals surface area (Å²) in [5, 5.41) is 7.68. The second-order valence-corrected chi connectivity index (χ2v) is 6.46. The molecule has 2 heterocycles. The van der Waals surface area contributed by atoms with Gasteiger partial charge in [-0.3, -0.25) is 9.48 Å². The van der Waals surface area contributed by atoms with Crippen LogP contribution in [0.15, 0.2) is 42.7 Å². The van der Waals surface area contributed by atoms with Crippen LogP contribution in [0.2, 0.25) is 0 Å². The number of nitrogens with one attached hydrogen (secondary N) is 1. The molecule has 0 aliphatic carbocycles. The van der Waals surface area contributed by atoms with Gasteiger partial charge in [-0.15, -0.1) is 0 Å². The van der Waals surface area contributed by atoms with E-state index in [1.807, 2.05) is 48.3 Å². The van der Waals surface area contributed by atoms with Crippen molar-refractivity contribution in [2.75, 3.05) is 40.4 Å². The van der Waals surface area contributed by atoms with Crippen LogP contribution in [0, 0.1) is 0 Å². The SMILES string of the molecule is COc1ccccc1OCCN(C)C(=O)C1(n2cccn2)CCNCC1. The normalized spacial score (nSPS) is 16.1. The maximum absolute atomic E-state index is 13.2. The van der Waals surface area contributed by atoms with E-state index in [0.29, 0.717) is 24.7 Å². The molecular formula is C19H26N4O3. The molecule has 1 saturated heterocycles. The number of hydrogen-bond donors (Lipinski definition) is 1. The first-order valence-corrected chi connectivity index (χ1v) is 8.89. The first-order chi connectivity index (χ1) is 12.7. The van der Waals surface area contributed by atoms with Crippen molar-refractivity contribution in [3.8, 4) is 11.5 Å². The van der Waals surface area contributed by atoms with Gasteiger partial charge >= 0.3 is 0 Å². The Balaban J connectivity index is 1.64. The molecule has 3 rings (SSSR count). The fourth-order valence-electron chi connectivity index (χ4n) is 3.39. The number of para-hydroxylation sites is 2. The molecule has 1 aliphatic heterocycles. The second-order valence-electron chi connectivity index (χ2n) is 6.46. The minimum absolute atomic E-state index is 0.0753. The van der Waals surface area contributed by atoms with E-state index >= 15 is 0 Å². The van der Waals surface area contributed by atoms with E-state index in [1.165, 1.54) is 0 Å². The molecule has 1 aliphatic rings. The lowest BCUT2D eigenvalue weighted by atomic mass is 9.87. The molecule has 1 amide bonds. The summed E-state index contributed by atoms with van der Waals surface area (Å²) in [6.45, 7) is 2.50. The first kappa shape index (κ1) is 18.3. The number of likely N-dealkylation sites (N-methyl/N-ethyl adjacent to an activating group) is 1. The molecule has 26 heavy (non-hydrogen) atoms. The number of methoxy groups -OCH3 is 1. The predicted octanol–water partition coefficient (Wildman–Crippen LogP) is 1.51. The molecule has 0 radical (unpaired) electrons. The molecule has 2 aromatic rings. The minimum Gasteiger partial charge on any atom is -0.493 e. The molecule has 1 aromatic heterocycles. The van der Waals surface area contributed by atoms with E-state index in [1.54, 1.807) is 18.2 Å². The highest BCUT2D eigenvalue weighted by atomic mass is 16.5. The van der Waals surface area contributed by atoms with E-state index in [9.17, 15) is 4.79 Å². The third kappa shape index (κ3) is 3.67. The van der Waals surface area contributed by atoms with Crippen LogP contribution >= 0.6 is 0 Å². The van der Waals surface area contributed by atoms with Crippen molar-refractivity contribution in [3.05, 3.63) is 42.7 Å². The summed E-state index contributed by atoms with van der Waals surface area (Å²) >= 11 is 0. The minimum atomic E-state index is -0.617. The van der Waals surface area contributed by atoms with Crippen molar-refractivity contribution in [1.82, 2.24) is 20.0 Å². The number of rotatable bonds is 7. The molecule has 1 N–H and O–H groups in total. The first-order valence-electron chi connectivity index (χ1n) is 8.89. The van der Waals surface area contributed by atoms with Crippen LogP contribution in [0.25, 0.3) is 0 Å². The number of piperidine rings is 1. The highest BCUT2D eigenvalue weighted by Gasteiger charge is 2.43. The van der Waals surface area contributed by atoms with Crippen LogP contribution in [-0.4, -0.2) is 61.0 Å². The Hall–Kier alpha value is -2.54. The quantitative estimate of drug-likeness (QED) is 0.813. The standard InChI is InChI=1S/C19H26N4O3/c1-22(14-15-26-17-7-4-3-6-16(17)25-2)18(24)19(8-11-20-12-9-19)23-13-5-10-21-23/h3-7,10,13,20H,8-9,11-12,14-15H2,1-2H3. The number of nitrogens with zero attached hydrogens (tertiary/aromatic N) is 3. The summed E-state index contributed by atoms with van der Waals surface area (Å²) in [6.07, 6.45) is 5.06. The summed E-state index contributed by atoms with van der Waals surface area (Å²) in [5.74, 6) is 1.44. The third-order valence-electron chi connectivity index (χ3n) is 4.87. The average Bonchev–Trinajstić information content (AvgIpc) is 3.23. The van der Waals surface area contributed by atoms with Gasteiger partial charge in [-0.05, 0) is 44.1 Å². The predicted molar refractivity (Wildman–Crippen MR) is 98.4 cm³/mol. The zero-order valence-electron chi connectivity index (χ0n) is 15.4. The average molecular weight is 358 g/mol. The van der Waals surface area contributed by atoms with Crippen LogP contribution in [0.1, 0.15) is 12.8 Å². The molecule has 0 atom stereocenters. The Labute approximate surface area is 153 Å². The van der Waals surface area contributed by atoms with Gasteiger partial charge in [0.2, 0.25) is 0 Å². The van der Waals surface area contributed by atoms with Crippen LogP contribution in [0.3, 0.4) is 0 Å². The number of ether oxygens (including phenoxy) is 2. The van der Waals surface area contributed by atoms with E-state index in [2.05, 4.69) is 10.4 Å². The van der Waals surface area contributed by atoms with Gasteiger partial charge < -0.3 is 19.7 Å². The van der Waals surface area contributed by atoms with Crippen LogP contribution in [0.4, 0.5) is 0 Å². The summed E-state index contributed by atoms with van der Waals surface area (Å²) in [7, 11) is 3.43. The summed E-state index contributed by atoms with van der Waals surface area (Å²) in [5.41, 5.74) is -0.617.